The summed E-state index contributed by atoms with van der Waals surface area (Å²) in [7, 11) is 0. The second kappa shape index (κ2) is 7.44. The Morgan fingerprint density at radius 1 is 1.08 bits per heavy atom. The first kappa shape index (κ1) is 17.7. The van der Waals surface area contributed by atoms with E-state index in [4.69, 9.17) is 11.6 Å². The van der Waals surface area contributed by atoms with Gasteiger partial charge in [-0.25, -0.2) is 4.98 Å². The van der Waals surface area contributed by atoms with Crippen molar-refractivity contribution in [3.05, 3.63) is 41.3 Å². The van der Waals surface area contributed by atoms with Crippen LogP contribution < -0.4 is 4.90 Å². The van der Waals surface area contributed by atoms with Crippen LogP contribution in [0.4, 0.5) is 5.82 Å². The molecule has 4 nitrogen and oxygen atoms in total. The number of hydrogen-bond donors (Lipinski definition) is 1. The average Bonchev–Trinajstić information content (AvgIpc) is 2.98. The second-order valence-corrected chi connectivity index (χ2v) is 6.81. The zero-order valence-electron chi connectivity index (χ0n) is 15.3. The van der Waals surface area contributed by atoms with Crippen LogP contribution >= 0.6 is 11.6 Å². The van der Waals surface area contributed by atoms with Crippen LogP contribution in [0.5, 0.6) is 0 Å². The van der Waals surface area contributed by atoms with Gasteiger partial charge < -0.3 is 9.88 Å². The first-order chi connectivity index (χ1) is 12.1. The topological polar surface area (TPSA) is 44.8 Å². The van der Waals surface area contributed by atoms with Gasteiger partial charge in [0, 0.05) is 35.2 Å². The third-order valence-corrected chi connectivity index (χ3v) is 4.76. The summed E-state index contributed by atoms with van der Waals surface area (Å²) < 4.78 is 0. The molecule has 1 fully saturated rings. The Balaban J connectivity index is 0.000000880. The van der Waals surface area contributed by atoms with Gasteiger partial charge in [0.05, 0.1) is 23.1 Å². The number of anilines is 1. The Hall–Kier alpha value is -2.07. The van der Waals surface area contributed by atoms with E-state index in [1.165, 1.54) is 12.1 Å². The standard InChI is InChI=1S/C18H19ClN4.C2H6/c1-11(2)15-7-12-6-14(19)13(8-16(12)22-15)17-9-21-18(10-20-17)23-4-3-5-23;1-2/h6-11,22H,3-5H2,1-2H3;1-2H3. The van der Waals surface area contributed by atoms with E-state index in [2.05, 4.69) is 45.8 Å². The quantitative estimate of drug-likeness (QED) is 0.660. The smallest absolute Gasteiger partial charge is 0.147 e. The molecule has 0 bridgehead atoms. The lowest BCUT2D eigenvalue weighted by Crippen LogP contribution is -2.37. The molecule has 0 amide bonds. The molecule has 1 aromatic carbocycles. The van der Waals surface area contributed by atoms with Crippen LogP contribution in [0, 0.1) is 0 Å². The Bertz CT molecular complexity index is 848. The van der Waals surface area contributed by atoms with Crippen LogP contribution in [0.3, 0.4) is 0 Å². The normalized spacial score (nSPS) is 13.6. The molecule has 3 aromatic rings. The number of aromatic nitrogens is 3. The van der Waals surface area contributed by atoms with E-state index in [0.717, 1.165) is 41.1 Å². The summed E-state index contributed by atoms with van der Waals surface area (Å²) in [6.45, 7) is 10.5. The number of nitrogens with zero attached hydrogens (tertiary/aromatic N) is 3. The summed E-state index contributed by atoms with van der Waals surface area (Å²) in [5, 5.41) is 1.84. The molecule has 25 heavy (non-hydrogen) atoms. The molecule has 132 valence electrons. The van der Waals surface area contributed by atoms with Crippen LogP contribution in [-0.4, -0.2) is 28.0 Å². The summed E-state index contributed by atoms with van der Waals surface area (Å²) >= 11 is 6.48. The Morgan fingerprint density at radius 2 is 1.84 bits per heavy atom. The van der Waals surface area contributed by atoms with E-state index in [0.29, 0.717) is 10.9 Å². The minimum absolute atomic E-state index is 0.459. The first-order valence-corrected chi connectivity index (χ1v) is 9.39. The number of benzene rings is 1. The van der Waals surface area contributed by atoms with E-state index < -0.39 is 0 Å². The lowest BCUT2D eigenvalue weighted by atomic mass is 10.1. The number of halogens is 1. The molecule has 0 atom stereocenters. The highest BCUT2D eigenvalue weighted by molar-refractivity contribution is 6.34. The summed E-state index contributed by atoms with van der Waals surface area (Å²) in [6, 6.07) is 6.23. The third kappa shape index (κ3) is 3.49. The van der Waals surface area contributed by atoms with Crippen molar-refractivity contribution in [1.82, 2.24) is 15.0 Å². The SMILES string of the molecule is CC.CC(C)c1cc2cc(Cl)c(-c3cnc(N4CCC4)cn3)cc2[nH]1. The summed E-state index contributed by atoms with van der Waals surface area (Å²) in [4.78, 5) is 14.8. The molecule has 3 heterocycles. The molecule has 0 radical (unpaired) electrons. The molecule has 1 saturated heterocycles. The molecular weight excluding hydrogens is 332 g/mol. The predicted octanol–water partition coefficient (Wildman–Crippen LogP) is 5.64. The fraction of sp³-hybridized carbons (Fsp3) is 0.400. The third-order valence-electron chi connectivity index (χ3n) is 4.45. The van der Waals surface area contributed by atoms with Crippen LogP contribution in [0.1, 0.15) is 45.7 Å². The van der Waals surface area contributed by atoms with Crippen LogP contribution in [0.15, 0.2) is 30.6 Å². The van der Waals surface area contributed by atoms with Gasteiger partial charge in [0.15, 0.2) is 0 Å². The first-order valence-electron chi connectivity index (χ1n) is 9.01. The Labute approximate surface area is 154 Å². The van der Waals surface area contributed by atoms with Gasteiger partial charge in [0.25, 0.3) is 0 Å². The number of nitrogens with one attached hydrogen (secondary N) is 1. The Morgan fingerprint density at radius 3 is 2.40 bits per heavy atom. The maximum atomic E-state index is 6.48. The van der Waals surface area contributed by atoms with Gasteiger partial charge in [-0.05, 0) is 30.5 Å². The minimum Gasteiger partial charge on any atom is -0.358 e. The molecule has 1 aliphatic rings. The fourth-order valence-electron chi connectivity index (χ4n) is 2.85. The van der Waals surface area contributed by atoms with E-state index in [1.807, 2.05) is 32.3 Å². The molecule has 2 aromatic heterocycles. The highest BCUT2D eigenvalue weighted by Gasteiger charge is 2.16. The van der Waals surface area contributed by atoms with Crippen molar-refractivity contribution in [2.45, 2.75) is 40.0 Å². The largest absolute Gasteiger partial charge is 0.358 e. The van der Waals surface area contributed by atoms with Crippen LogP contribution in [-0.2, 0) is 0 Å². The van der Waals surface area contributed by atoms with Gasteiger partial charge in [-0.1, -0.05) is 39.3 Å². The van der Waals surface area contributed by atoms with Gasteiger partial charge in [0.1, 0.15) is 5.82 Å². The molecule has 0 saturated carbocycles. The van der Waals surface area contributed by atoms with Gasteiger partial charge in [-0.2, -0.15) is 0 Å². The van der Waals surface area contributed by atoms with Gasteiger partial charge >= 0.3 is 0 Å². The number of hydrogen-bond acceptors (Lipinski definition) is 3. The molecule has 1 aliphatic heterocycles. The highest BCUT2D eigenvalue weighted by atomic mass is 35.5. The van der Waals surface area contributed by atoms with Gasteiger partial charge in [-0.15, -0.1) is 0 Å². The van der Waals surface area contributed by atoms with Crippen LogP contribution in [0.2, 0.25) is 5.02 Å². The van der Waals surface area contributed by atoms with E-state index in [-0.39, 0.29) is 0 Å². The van der Waals surface area contributed by atoms with Crippen molar-refractivity contribution >= 4 is 28.3 Å². The second-order valence-electron chi connectivity index (χ2n) is 6.40. The zero-order valence-corrected chi connectivity index (χ0v) is 16.1. The van der Waals surface area contributed by atoms with Crippen molar-refractivity contribution in [3.8, 4) is 11.3 Å². The molecule has 0 spiro atoms. The Kier molecular flexibility index (Phi) is 5.28. The molecule has 5 heteroatoms. The molecule has 4 rings (SSSR count). The minimum atomic E-state index is 0.459. The van der Waals surface area contributed by atoms with Crippen LogP contribution in [0.25, 0.3) is 22.2 Å². The lowest BCUT2D eigenvalue weighted by Gasteiger charge is -2.31. The maximum absolute atomic E-state index is 6.48. The predicted molar refractivity (Wildman–Crippen MR) is 107 cm³/mol. The highest BCUT2D eigenvalue weighted by Crippen LogP contribution is 2.32. The molecule has 0 aliphatic carbocycles. The average molecular weight is 357 g/mol. The summed E-state index contributed by atoms with van der Waals surface area (Å²) in [6.07, 6.45) is 4.88. The lowest BCUT2D eigenvalue weighted by molar-refractivity contribution is 0.608. The molecule has 0 unspecified atom stereocenters. The van der Waals surface area contributed by atoms with Crippen molar-refractivity contribution in [3.63, 3.8) is 0 Å². The fourth-order valence-corrected chi connectivity index (χ4v) is 3.12. The van der Waals surface area contributed by atoms with E-state index in [1.54, 1.807) is 0 Å². The van der Waals surface area contributed by atoms with Crippen molar-refractivity contribution in [2.75, 3.05) is 18.0 Å². The van der Waals surface area contributed by atoms with Crippen molar-refractivity contribution in [1.29, 1.82) is 0 Å². The number of rotatable bonds is 3. The molecule has 1 N–H and O–H groups in total. The number of fused-ring (bicyclic) bond motifs is 1. The summed E-state index contributed by atoms with van der Waals surface area (Å²) in [5.74, 6) is 1.40. The van der Waals surface area contributed by atoms with E-state index >= 15 is 0 Å². The number of H-pyrrole nitrogens is 1. The maximum Gasteiger partial charge on any atom is 0.147 e. The summed E-state index contributed by atoms with van der Waals surface area (Å²) in [5.41, 5.74) is 4.02. The number of aromatic amines is 1. The van der Waals surface area contributed by atoms with Gasteiger partial charge in [-0.3, -0.25) is 4.98 Å². The van der Waals surface area contributed by atoms with Crippen molar-refractivity contribution in [2.24, 2.45) is 0 Å². The zero-order chi connectivity index (χ0) is 18.0. The van der Waals surface area contributed by atoms with Gasteiger partial charge in [0.2, 0.25) is 0 Å². The van der Waals surface area contributed by atoms with Crippen molar-refractivity contribution < 1.29 is 0 Å². The van der Waals surface area contributed by atoms with E-state index in [9.17, 15) is 0 Å². The monoisotopic (exact) mass is 356 g/mol. The molecular formula is C20H25ClN4.